The van der Waals surface area contributed by atoms with Crippen molar-refractivity contribution in [2.45, 2.75) is 18.9 Å². The van der Waals surface area contributed by atoms with Gasteiger partial charge in [0.05, 0.1) is 6.26 Å². The normalized spacial score (nSPS) is 11.8. The lowest BCUT2D eigenvalue weighted by Crippen LogP contribution is -2.47. The molecule has 0 radical (unpaired) electrons. The Bertz CT molecular complexity index is 674. The Morgan fingerprint density at radius 1 is 1.24 bits per heavy atom. The largest absolute Gasteiger partial charge is 0.459 e. The van der Waals surface area contributed by atoms with E-state index in [2.05, 4.69) is 10.6 Å². The first-order valence-corrected chi connectivity index (χ1v) is 9.73. The van der Waals surface area contributed by atoms with Gasteiger partial charge in [0, 0.05) is 11.6 Å². The molecule has 0 unspecified atom stereocenters. The van der Waals surface area contributed by atoms with Gasteiger partial charge in [-0.2, -0.15) is 11.8 Å². The van der Waals surface area contributed by atoms with E-state index in [0.29, 0.717) is 24.4 Å². The predicted octanol–water partition coefficient (Wildman–Crippen LogP) is 3.14. The van der Waals surface area contributed by atoms with E-state index in [4.69, 9.17) is 16.0 Å². The predicted molar refractivity (Wildman–Crippen MR) is 101 cm³/mol. The molecule has 7 heteroatoms. The lowest BCUT2D eigenvalue weighted by molar-refractivity contribution is -0.123. The molecule has 2 amide bonds. The number of rotatable bonds is 9. The Morgan fingerprint density at radius 3 is 2.64 bits per heavy atom. The molecule has 5 nitrogen and oxygen atoms in total. The van der Waals surface area contributed by atoms with Crippen molar-refractivity contribution < 1.29 is 14.0 Å². The van der Waals surface area contributed by atoms with E-state index in [1.165, 1.54) is 6.26 Å². The van der Waals surface area contributed by atoms with E-state index in [-0.39, 0.29) is 17.6 Å². The molecule has 0 spiro atoms. The molecule has 0 fully saturated rings. The van der Waals surface area contributed by atoms with Gasteiger partial charge in [-0.15, -0.1) is 0 Å². The monoisotopic (exact) mass is 380 g/mol. The standard InChI is InChI=1S/C18H21ClN2O3S/c1-25-12-9-15(21-18(23)16-3-2-11-24-16)17(22)20-10-8-13-4-6-14(19)7-5-13/h2-7,11,15H,8-10,12H2,1H3,(H,20,22)(H,21,23)/t15-/m1/s1. The van der Waals surface area contributed by atoms with E-state index < -0.39 is 6.04 Å². The van der Waals surface area contributed by atoms with Crippen molar-refractivity contribution in [3.05, 3.63) is 59.0 Å². The molecule has 2 aromatic rings. The number of amides is 2. The molecule has 1 heterocycles. The molecule has 1 aromatic heterocycles. The zero-order chi connectivity index (χ0) is 18.1. The maximum atomic E-state index is 12.4. The van der Waals surface area contributed by atoms with Gasteiger partial charge in [0.1, 0.15) is 6.04 Å². The SMILES string of the molecule is CSCC[C@@H](NC(=O)c1ccco1)C(=O)NCCc1ccc(Cl)cc1. The lowest BCUT2D eigenvalue weighted by Gasteiger charge is -2.17. The maximum Gasteiger partial charge on any atom is 0.287 e. The third-order valence-corrected chi connectivity index (χ3v) is 4.50. The minimum atomic E-state index is -0.588. The molecule has 134 valence electrons. The van der Waals surface area contributed by atoms with Crippen LogP contribution in [0.5, 0.6) is 0 Å². The summed E-state index contributed by atoms with van der Waals surface area (Å²) < 4.78 is 5.07. The van der Waals surface area contributed by atoms with Crippen LogP contribution >= 0.6 is 23.4 Å². The van der Waals surface area contributed by atoms with Crippen molar-refractivity contribution in [1.29, 1.82) is 0 Å². The molecule has 2 rings (SSSR count). The van der Waals surface area contributed by atoms with Gasteiger partial charge < -0.3 is 15.1 Å². The third kappa shape index (κ3) is 6.48. The minimum Gasteiger partial charge on any atom is -0.459 e. The Hall–Kier alpha value is -1.92. The summed E-state index contributed by atoms with van der Waals surface area (Å²) in [6.07, 6.45) is 4.65. The van der Waals surface area contributed by atoms with Crippen LogP contribution in [0.3, 0.4) is 0 Å². The molecule has 0 saturated carbocycles. The number of furan rings is 1. The highest BCUT2D eigenvalue weighted by Crippen LogP contribution is 2.10. The number of thioether (sulfide) groups is 1. The Kier molecular flexibility index (Phi) is 7.88. The van der Waals surface area contributed by atoms with E-state index in [1.807, 2.05) is 30.5 Å². The van der Waals surface area contributed by atoms with Crippen molar-refractivity contribution in [2.24, 2.45) is 0 Å². The Labute approximate surface area is 156 Å². The Balaban J connectivity index is 1.86. The van der Waals surface area contributed by atoms with Crippen LogP contribution in [0.2, 0.25) is 5.02 Å². The van der Waals surface area contributed by atoms with Crippen molar-refractivity contribution in [2.75, 3.05) is 18.6 Å². The van der Waals surface area contributed by atoms with Gasteiger partial charge in [-0.3, -0.25) is 9.59 Å². The van der Waals surface area contributed by atoms with Crippen LogP contribution < -0.4 is 10.6 Å². The molecule has 0 saturated heterocycles. The number of nitrogens with one attached hydrogen (secondary N) is 2. The van der Waals surface area contributed by atoms with Crippen molar-refractivity contribution in [1.82, 2.24) is 10.6 Å². The quantitative estimate of drug-likeness (QED) is 0.701. The topological polar surface area (TPSA) is 71.3 Å². The fourth-order valence-electron chi connectivity index (χ4n) is 2.25. The van der Waals surface area contributed by atoms with Crippen molar-refractivity contribution in [3.8, 4) is 0 Å². The number of halogens is 1. The van der Waals surface area contributed by atoms with Crippen LogP contribution in [-0.2, 0) is 11.2 Å². The van der Waals surface area contributed by atoms with Crippen LogP contribution in [0.1, 0.15) is 22.5 Å². The summed E-state index contributed by atoms with van der Waals surface area (Å²) in [7, 11) is 0. The van der Waals surface area contributed by atoms with Crippen LogP contribution in [0, 0.1) is 0 Å². The van der Waals surface area contributed by atoms with E-state index in [1.54, 1.807) is 23.9 Å². The highest BCUT2D eigenvalue weighted by molar-refractivity contribution is 7.98. The average Bonchev–Trinajstić information content (AvgIpc) is 3.14. The Morgan fingerprint density at radius 2 is 2.00 bits per heavy atom. The molecule has 1 aromatic carbocycles. The van der Waals surface area contributed by atoms with Crippen LogP contribution in [0.25, 0.3) is 0 Å². The van der Waals surface area contributed by atoms with Gasteiger partial charge in [0.2, 0.25) is 5.91 Å². The molecule has 0 aliphatic heterocycles. The molecule has 2 N–H and O–H groups in total. The average molecular weight is 381 g/mol. The fraction of sp³-hybridized carbons (Fsp3) is 0.333. The molecule has 1 atom stereocenters. The molecular formula is C18H21ClN2O3S. The number of carbonyl (C=O) groups is 2. The zero-order valence-corrected chi connectivity index (χ0v) is 15.5. The van der Waals surface area contributed by atoms with Crippen molar-refractivity contribution >= 4 is 35.2 Å². The number of hydrogen-bond donors (Lipinski definition) is 2. The molecule has 0 aliphatic carbocycles. The van der Waals surface area contributed by atoms with E-state index in [9.17, 15) is 9.59 Å². The summed E-state index contributed by atoms with van der Waals surface area (Å²) in [5.74, 6) is 0.392. The lowest BCUT2D eigenvalue weighted by atomic mass is 10.1. The minimum absolute atomic E-state index is 0.192. The molecule has 25 heavy (non-hydrogen) atoms. The smallest absolute Gasteiger partial charge is 0.287 e. The number of hydrogen-bond acceptors (Lipinski definition) is 4. The van der Waals surface area contributed by atoms with Crippen LogP contribution in [0.15, 0.2) is 47.1 Å². The second kappa shape index (κ2) is 10.2. The molecule has 0 bridgehead atoms. The van der Waals surface area contributed by atoms with E-state index in [0.717, 1.165) is 11.3 Å². The van der Waals surface area contributed by atoms with Crippen LogP contribution in [-0.4, -0.2) is 36.4 Å². The molecule has 0 aliphatic rings. The summed E-state index contributed by atoms with van der Waals surface area (Å²) in [6.45, 7) is 0.493. The second-order valence-corrected chi connectivity index (χ2v) is 6.87. The number of carbonyl (C=O) groups excluding carboxylic acids is 2. The second-order valence-electron chi connectivity index (χ2n) is 5.45. The van der Waals surface area contributed by atoms with Gasteiger partial charge in [-0.05, 0) is 54.7 Å². The summed E-state index contributed by atoms with van der Waals surface area (Å²) in [4.78, 5) is 24.5. The summed E-state index contributed by atoms with van der Waals surface area (Å²) in [5.41, 5.74) is 1.09. The first-order chi connectivity index (χ1) is 12.1. The highest BCUT2D eigenvalue weighted by atomic mass is 35.5. The van der Waals surface area contributed by atoms with Gasteiger partial charge >= 0.3 is 0 Å². The first kappa shape index (κ1) is 19.4. The van der Waals surface area contributed by atoms with Crippen molar-refractivity contribution in [3.63, 3.8) is 0 Å². The summed E-state index contributed by atoms with van der Waals surface area (Å²) >= 11 is 7.48. The summed E-state index contributed by atoms with van der Waals surface area (Å²) in [6, 6.07) is 10.1. The maximum absolute atomic E-state index is 12.4. The fourth-order valence-corrected chi connectivity index (χ4v) is 2.84. The van der Waals surface area contributed by atoms with Crippen LogP contribution in [0.4, 0.5) is 0 Å². The molecular weight excluding hydrogens is 360 g/mol. The van der Waals surface area contributed by atoms with E-state index >= 15 is 0 Å². The van der Waals surface area contributed by atoms with Gasteiger partial charge in [-0.1, -0.05) is 23.7 Å². The summed E-state index contributed by atoms with van der Waals surface area (Å²) in [5, 5.41) is 6.30. The number of benzene rings is 1. The highest BCUT2D eigenvalue weighted by Gasteiger charge is 2.21. The zero-order valence-electron chi connectivity index (χ0n) is 14.0. The first-order valence-electron chi connectivity index (χ1n) is 7.95. The van der Waals surface area contributed by atoms with Gasteiger partial charge in [0.25, 0.3) is 5.91 Å². The van der Waals surface area contributed by atoms with Gasteiger partial charge in [0.15, 0.2) is 5.76 Å². The van der Waals surface area contributed by atoms with Gasteiger partial charge in [-0.25, -0.2) is 0 Å². The third-order valence-electron chi connectivity index (χ3n) is 3.60.